The maximum Gasteiger partial charge on any atom is 0.416 e. The standard InChI is InChI=1S/C15H13F3N2O3/c1-23-14-8-13(20(21)22)12(19)7-10(14)5-9-3-2-4-11(6-9)15(16,17)18/h2-4,6-8H,5,19H2,1H3. The van der Waals surface area contributed by atoms with Crippen molar-refractivity contribution in [1.29, 1.82) is 0 Å². The third-order valence-electron chi connectivity index (χ3n) is 3.28. The number of rotatable bonds is 4. The van der Waals surface area contributed by atoms with Gasteiger partial charge in [-0.1, -0.05) is 18.2 Å². The topological polar surface area (TPSA) is 78.4 Å². The van der Waals surface area contributed by atoms with Gasteiger partial charge in [-0.25, -0.2) is 0 Å². The van der Waals surface area contributed by atoms with Crippen LogP contribution in [0.25, 0.3) is 0 Å². The number of hydrogen-bond acceptors (Lipinski definition) is 4. The van der Waals surface area contributed by atoms with Crippen molar-refractivity contribution < 1.29 is 22.8 Å². The fourth-order valence-corrected chi connectivity index (χ4v) is 2.20. The zero-order valence-electron chi connectivity index (χ0n) is 12.1. The third-order valence-corrected chi connectivity index (χ3v) is 3.28. The van der Waals surface area contributed by atoms with Crippen molar-refractivity contribution in [2.24, 2.45) is 0 Å². The number of hydrogen-bond donors (Lipinski definition) is 1. The summed E-state index contributed by atoms with van der Waals surface area (Å²) in [6, 6.07) is 7.35. The predicted octanol–water partition coefficient (Wildman–Crippen LogP) is 3.80. The molecule has 0 atom stereocenters. The lowest BCUT2D eigenvalue weighted by Gasteiger charge is -2.12. The molecule has 0 spiro atoms. The van der Waals surface area contributed by atoms with E-state index >= 15 is 0 Å². The van der Waals surface area contributed by atoms with Crippen LogP contribution in [-0.2, 0) is 12.6 Å². The number of nitrogen functional groups attached to an aromatic ring is 1. The Hall–Kier alpha value is -2.77. The first-order valence-corrected chi connectivity index (χ1v) is 6.49. The number of nitrogens with zero attached hydrogens (tertiary/aromatic N) is 1. The van der Waals surface area contributed by atoms with Crippen LogP contribution >= 0.6 is 0 Å². The lowest BCUT2D eigenvalue weighted by atomic mass is 10.0. The Morgan fingerprint density at radius 3 is 2.52 bits per heavy atom. The van der Waals surface area contributed by atoms with Crippen molar-refractivity contribution in [3.8, 4) is 5.75 Å². The normalized spacial score (nSPS) is 11.3. The minimum atomic E-state index is -4.44. The molecule has 0 saturated carbocycles. The average Bonchev–Trinajstić information content (AvgIpc) is 2.46. The van der Waals surface area contributed by atoms with E-state index in [1.807, 2.05) is 0 Å². The number of halogens is 3. The largest absolute Gasteiger partial charge is 0.496 e. The number of nitro groups is 1. The van der Waals surface area contributed by atoms with Crippen molar-refractivity contribution in [2.75, 3.05) is 12.8 Å². The van der Waals surface area contributed by atoms with Gasteiger partial charge in [-0.05, 0) is 17.7 Å². The Labute approximate surface area is 129 Å². The maximum absolute atomic E-state index is 12.7. The summed E-state index contributed by atoms with van der Waals surface area (Å²) in [4.78, 5) is 10.2. The zero-order valence-corrected chi connectivity index (χ0v) is 12.1. The second-order valence-corrected chi connectivity index (χ2v) is 4.85. The van der Waals surface area contributed by atoms with Gasteiger partial charge in [0.15, 0.2) is 0 Å². The number of alkyl halides is 3. The summed E-state index contributed by atoms with van der Waals surface area (Å²) >= 11 is 0. The summed E-state index contributed by atoms with van der Waals surface area (Å²) in [7, 11) is 1.32. The predicted molar refractivity (Wildman–Crippen MR) is 78.3 cm³/mol. The van der Waals surface area contributed by atoms with Crippen LogP contribution in [0.15, 0.2) is 36.4 Å². The van der Waals surface area contributed by atoms with Gasteiger partial charge >= 0.3 is 6.18 Å². The summed E-state index contributed by atoms with van der Waals surface area (Å²) in [5.41, 5.74) is 5.34. The van der Waals surface area contributed by atoms with E-state index < -0.39 is 16.7 Å². The van der Waals surface area contributed by atoms with Gasteiger partial charge in [0.05, 0.1) is 23.7 Å². The van der Waals surface area contributed by atoms with E-state index in [1.165, 1.54) is 25.3 Å². The summed E-state index contributed by atoms with van der Waals surface area (Å²) in [5.74, 6) is 0.198. The smallest absolute Gasteiger partial charge is 0.416 e. The molecule has 2 aromatic rings. The molecule has 2 aromatic carbocycles. The molecule has 0 aromatic heterocycles. The van der Waals surface area contributed by atoms with E-state index in [1.54, 1.807) is 0 Å². The van der Waals surface area contributed by atoms with Crippen molar-refractivity contribution in [3.05, 3.63) is 63.2 Å². The van der Waals surface area contributed by atoms with E-state index in [4.69, 9.17) is 10.5 Å². The Morgan fingerprint density at radius 1 is 1.26 bits per heavy atom. The highest BCUT2D eigenvalue weighted by Crippen LogP contribution is 2.34. The molecule has 0 amide bonds. The van der Waals surface area contributed by atoms with Gasteiger partial charge in [0, 0.05) is 12.0 Å². The summed E-state index contributed by atoms with van der Waals surface area (Å²) in [6.45, 7) is 0. The fourth-order valence-electron chi connectivity index (χ4n) is 2.20. The van der Waals surface area contributed by atoms with E-state index in [9.17, 15) is 23.3 Å². The van der Waals surface area contributed by atoms with Gasteiger partial charge in [-0.3, -0.25) is 10.1 Å². The van der Waals surface area contributed by atoms with Crippen molar-refractivity contribution >= 4 is 11.4 Å². The molecule has 8 heteroatoms. The summed E-state index contributed by atoms with van der Waals surface area (Å²) < 4.78 is 43.3. The average molecular weight is 326 g/mol. The number of methoxy groups -OCH3 is 1. The fraction of sp³-hybridized carbons (Fsp3) is 0.200. The monoisotopic (exact) mass is 326 g/mol. The summed E-state index contributed by atoms with van der Waals surface area (Å²) in [6.07, 6.45) is -4.33. The first-order valence-electron chi connectivity index (χ1n) is 6.49. The minimum absolute atomic E-state index is 0.0715. The Bertz CT molecular complexity index is 745. The highest BCUT2D eigenvalue weighted by Gasteiger charge is 2.30. The third kappa shape index (κ3) is 3.71. The molecule has 0 heterocycles. The molecule has 0 radical (unpaired) electrons. The van der Waals surface area contributed by atoms with E-state index in [0.717, 1.165) is 18.2 Å². The van der Waals surface area contributed by atoms with Crippen LogP contribution in [0.4, 0.5) is 24.5 Å². The minimum Gasteiger partial charge on any atom is -0.496 e. The molecule has 2 rings (SSSR count). The van der Waals surface area contributed by atoms with Crippen LogP contribution in [0.5, 0.6) is 5.75 Å². The SMILES string of the molecule is COc1cc([N+](=O)[O-])c(N)cc1Cc1cccc(C(F)(F)F)c1. The van der Waals surface area contributed by atoms with Gasteiger partial charge in [0.1, 0.15) is 11.4 Å². The molecule has 122 valence electrons. The van der Waals surface area contributed by atoms with Gasteiger partial charge in [0.25, 0.3) is 5.69 Å². The number of nitro benzene ring substituents is 1. The molecule has 0 aliphatic heterocycles. The van der Waals surface area contributed by atoms with Crippen LogP contribution in [0.2, 0.25) is 0 Å². The van der Waals surface area contributed by atoms with Crippen LogP contribution in [0, 0.1) is 10.1 Å². The molecule has 0 saturated heterocycles. The van der Waals surface area contributed by atoms with E-state index in [-0.39, 0.29) is 23.5 Å². The lowest BCUT2D eigenvalue weighted by molar-refractivity contribution is -0.384. The molecule has 2 N–H and O–H groups in total. The maximum atomic E-state index is 12.7. The summed E-state index contributed by atoms with van der Waals surface area (Å²) in [5, 5.41) is 10.9. The van der Waals surface area contributed by atoms with E-state index in [2.05, 4.69) is 0 Å². The van der Waals surface area contributed by atoms with Gasteiger partial charge in [0.2, 0.25) is 0 Å². The van der Waals surface area contributed by atoms with Crippen LogP contribution in [0.3, 0.4) is 0 Å². The Morgan fingerprint density at radius 2 is 1.96 bits per heavy atom. The first-order chi connectivity index (χ1) is 10.7. The molecule has 0 unspecified atom stereocenters. The van der Waals surface area contributed by atoms with E-state index in [0.29, 0.717) is 11.1 Å². The Balaban J connectivity index is 2.40. The first kappa shape index (κ1) is 16.6. The second kappa shape index (κ2) is 6.15. The number of anilines is 1. The van der Waals surface area contributed by atoms with Crippen LogP contribution in [-0.4, -0.2) is 12.0 Å². The number of ether oxygens (including phenoxy) is 1. The highest BCUT2D eigenvalue weighted by atomic mass is 19.4. The highest BCUT2D eigenvalue weighted by molar-refractivity contribution is 5.64. The van der Waals surface area contributed by atoms with Crippen molar-refractivity contribution in [1.82, 2.24) is 0 Å². The molecule has 0 fully saturated rings. The Kier molecular flexibility index (Phi) is 4.44. The van der Waals surface area contributed by atoms with Crippen molar-refractivity contribution in [2.45, 2.75) is 12.6 Å². The van der Waals surface area contributed by atoms with Gasteiger partial charge in [-0.2, -0.15) is 13.2 Å². The molecular formula is C15H13F3N2O3. The molecule has 5 nitrogen and oxygen atoms in total. The van der Waals surface area contributed by atoms with Crippen LogP contribution in [0.1, 0.15) is 16.7 Å². The number of nitrogens with two attached hydrogens (primary N) is 1. The molecule has 23 heavy (non-hydrogen) atoms. The lowest BCUT2D eigenvalue weighted by Crippen LogP contribution is -2.06. The molecule has 0 aliphatic carbocycles. The quantitative estimate of drug-likeness (QED) is 0.527. The van der Waals surface area contributed by atoms with Crippen molar-refractivity contribution in [3.63, 3.8) is 0 Å². The van der Waals surface area contributed by atoms with Crippen LogP contribution < -0.4 is 10.5 Å². The molecular weight excluding hydrogens is 313 g/mol. The molecule has 0 aliphatic rings. The zero-order chi connectivity index (χ0) is 17.2. The molecule has 0 bridgehead atoms. The number of benzene rings is 2. The van der Waals surface area contributed by atoms with Gasteiger partial charge in [-0.15, -0.1) is 0 Å². The second-order valence-electron chi connectivity index (χ2n) is 4.85. The van der Waals surface area contributed by atoms with Gasteiger partial charge < -0.3 is 10.5 Å².